The number of aromatic nitrogens is 1. The van der Waals surface area contributed by atoms with Crippen molar-refractivity contribution in [3.8, 4) is 28.1 Å². The Morgan fingerprint density at radius 2 is 1.85 bits per heavy atom. The molecular formula is C27H24FN3O3. The average Bonchev–Trinajstić information content (AvgIpc) is 2.82. The lowest BCUT2D eigenvalue weighted by atomic mass is 9.85. The Kier molecular flexibility index (Phi) is 6.03. The van der Waals surface area contributed by atoms with Crippen LogP contribution in [0.5, 0.6) is 5.75 Å². The third kappa shape index (κ3) is 3.96. The zero-order chi connectivity index (χ0) is 24.6. The van der Waals surface area contributed by atoms with E-state index >= 15 is 0 Å². The number of nitrogens with zero attached hydrogens (tertiary/aromatic N) is 1. The van der Waals surface area contributed by atoms with Crippen LogP contribution in [0.25, 0.3) is 33.3 Å². The number of methoxy groups -OCH3 is 1. The zero-order valence-electron chi connectivity index (χ0n) is 19.0. The number of carboxylic acids is 1. The van der Waals surface area contributed by atoms with Crippen LogP contribution in [0.1, 0.15) is 41.3 Å². The topological polar surface area (TPSA) is 109 Å². The predicted octanol–water partition coefficient (Wildman–Crippen LogP) is 6.12. The van der Waals surface area contributed by atoms with Gasteiger partial charge in [0.25, 0.3) is 0 Å². The van der Waals surface area contributed by atoms with E-state index < -0.39 is 5.97 Å². The fourth-order valence-corrected chi connectivity index (χ4v) is 4.20. The molecule has 0 spiro atoms. The minimum Gasteiger partial charge on any atom is -0.496 e. The van der Waals surface area contributed by atoms with Crippen molar-refractivity contribution in [3.63, 3.8) is 0 Å². The molecule has 172 valence electrons. The number of nitrogens with two attached hydrogens (primary N) is 1. The first-order chi connectivity index (χ1) is 16.2. The molecule has 4 N–H and O–H groups in total. The molecule has 0 amide bonds. The lowest BCUT2D eigenvalue weighted by Crippen LogP contribution is -2.05. The number of benzene rings is 3. The number of carbonyl (C=O) groups is 1. The van der Waals surface area contributed by atoms with Gasteiger partial charge in [0.05, 0.1) is 23.9 Å². The molecule has 4 rings (SSSR count). The van der Waals surface area contributed by atoms with Gasteiger partial charge in [-0.3, -0.25) is 0 Å². The van der Waals surface area contributed by atoms with Crippen LogP contribution in [-0.4, -0.2) is 29.4 Å². The van der Waals surface area contributed by atoms with Gasteiger partial charge in [0.15, 0.2) is 0 Å². The molecule has 0 aliphatic rings. The van der Waals surface area contributed by atoms with E-state index in [2.05, 4.69) is 0 Å². The van der Waals surface area contributed by atoms with Crippen molar-refractivity contribution in [2.45, 2.75) is 19.8 Å². The second-order valence-corrected chi connectivity index (χ2v) is 8.27. The summed E-state index contributed by atoms with van der Waals surface area (Å²) < 4.78 is 19.3. The standard InChI is InChI=1S/C27H24FN3O3/c1-14(2)24-25(15-4-7-18(28)8-5-15)20-10-17(13-29)21(30)12-22(20)31-26(24)19-9-6-16(27(32)33)11-23(19)34-3/h4-14,29H,30H2,1-3H3,(H,32,33). The number of hydrogen-bond donors (Lipinski definition) is 3. The van der Waals surface area contributed by atoms with Crippen LogP contribution in [-0.2, 0) is 0 Å². The highest BCUT2D eigenvalue weighted by molar-refractivity contribution is 6.04. The summed E-state index contributed by atoms with van der Waals surface area (Å²) in [5, 5.41) is 17.9. The van der Waals surface area contributed by atoms with E-state index in [-0.39, 0.29) is 17.3 Å². The van der Waals surface area contributed by atoms with E-state index in [0.717, 1.165) is 22.1 Å². The third-order valence-electron chi connectivity index (χ3n) is 5.80. The quantitative estimate of drug-likeness (QED) is 0.239. The van der Waals surface area contributed by atoms with Crippen molar-refractivity contribution >= 4 is 28.8 Å². The Balaban J connectivity index is 2.17. The second-order valence-electron chi connectivity index (χ2n) is 8.27. The fraction of sp³-hybridized carbons (Fsp3) is 0.148. The van der Waals surface area contributed by atoms with E-state index in [9.17, 15) is 14.3 Å². The van der Waals surface area contributed by atoms with Crippen molar-refractivity contribution in [3.05, 3.63) is 77.1 Å². The van der Waals surface area contributed by atoms with Crippen LogP contribution in [0.4, 0.5) is 10.1 Å². The van der Waals surface area contributed by atoms with E-state index in [4.69, 9.17) is 20.9 Å². The van der Waals surface area contributed by atoms with Crippen LogP contribution in [0, 0.1) is 11.2 Å². The molecule has 3 aromatic carbocycles. The molecule has 0 aliphatic heterocycles. The van der Waals surface area contributed by atoms with E-state index in [1.54, 1.807) is 24.3 Å². The van der Waals surface area contributed by atoms with Gasteiger partial charge in [-0.25, -0.2) is 14.2 Å². The van der Waals surface area contributed by atoms with Gasteiger partial charge in [-0.1, -0.05) is 26.0 Å². The lowest BCUT2D eigenvalue weighted by molar-refractivity contribution is 0.0696. The molecule has 34 heavy (non-hydrogen) atoms. The summed E-state index contributed by atoms with van der Waals surface area (Å²) in [6.07, 6.45) is 1.19. The number of halogens is 1. The van der Waals surface area contributed by atoms with Gasteiger partial charge in [0, 0.05) is 28.4 Å². The highest BCUT2D eigenvalue weighted by atomic mass is 19.1. The molecule has 4 aromatic rings. The van der Waals surface area contributed by atoms with Gasteiger partial charge in [-0.2, -0.15) is 0 Å². The van der Waals surface area contributed by atoms with Gasteiger partial charge in [0.2, 0.25) is 0 Å². The Morgan fingerprint density at radius 1 is 1.15 bits per heavy atom. The van der Waals surface area contributed by atoms with E-state index in [1.807, 2.05) is 19.9 Å². The van der Waals surface area contributed by atoms with E-state index in [0.29, 0.717) is 33.8 Å². The molecule has 0 bridgehead atoms. The zero-order valence-corrected chi connectivity index (χ0v) is 19.0. The third-order valence-corrected chi connectivity index (χ3v) is 5.80. The molecule has 0 unspecified atom stereocenters. The Morgan fingerprint density at radius 3 is 2.44 bits per heavy atom. The molecular weight excluding hydrogens is 433 g/mol. The number of aromatic carboxylic acids is 1. The number of hydrogen-bond acceptors (Lipinski definition) is 5. The first kappa shape index (κ1) is 22.9. The lowest BCUT2D eigenvalue weighted by Gasteiger charge is -2.22. The Hall–Kier alpha value is -4.26. The molecule has 0 saturated heterocycles. The first-order valence-corrected chi connectivity index (χ1v) is 10.7. The number of ether oxygens (including phenoxy) is 1. The maximum atomic E-state index is 13.8. The van der Waals surface area contributed by atoms with Crippen LogP contribution in [0.2, 0.25) is 0 Å². The highest BCUT2D eigenvalue weighted by Gasteiger charge is 2.23. The number of nitrogens with one attached hydrogen (secondary N) is 1. The smallest absolute Gasteiger partial charge is 0.335 e. The minimum absolute atomic E-state index is 0.00297. The normalized spacial score (nSPS) is 11.1. The number of carboxylic acid groups (broad SMARTS) is 1. The van der Waals surface area contributed by atoms with Crippen molar-refractivity contribution in [2.75, 3.05) is 12.8 Å². The van der Waals surface area contributed by atoms with Crippen molar-refractivity contribution < 1.29 is 19.0 Å². The second kappa shape index (κ2) is 8.94. The van der Waals surface area contributed by atoms with Gasteiger partial charge in [0.1, 0.15) is 11.6 Å². The molecule has 0 atom stereocenters. The fourth-order valence-electron chi connectivity index (χ4n) is 4.20. The number of anilines is 1. The molecule has 1 aromatic heterocycles. The molecule has 0 fully saturated rings. The van der Waals surface area contributed by atoms with Crippen LogP contribution >= 0.6 is 0 Å². The maximum absolute atomic E-state index is 13.8. The molecule has 7 heteroatoms. The molecule has 0 aliphatic carbocycles. The first-order valence-electron chi connectivity index (χ1n) is 10.7. The van der Waals surface area contributed by atoms with Gasteiger partial charge < -0.3 is 21.0 Å². The monoisotopic (exact) mass is 457 g/mol. The summed E-state index contributed by atoms with van der Waals surface area (Å²) >= 11 is 0. The summed E-state index contributed by atoms with van der Waals surface area (Å²) in [7, 11) is 1.48. The molecule has 0 radical (unpaired) electrons. The largest absolute Gasteiger partial charge is 0.496 e. The van der Waals surface area contributed by atoms with Gasteiger partial charge in [-0.15, -0.1) is 0 Å². The summed E-state index contributed by atoms with van der Waals surface area (Å²) in [6, 6.07) is 14.4. The van der Waals surface area contributed by atoms with E-state index in [1.165, 1.54) is 37.6 Å². The summed E-state index contributed by atoms with van der Waals surface area (Å²) in [5.74, 6) is -1.03. The number of pyridine rings is 1. The number of nitrogen functional groups attached to an aromatic ring is 1. The SMILES string of the molecule is COc1cc(C(=O)O)ccc1-c1nc2cc(N)c(C=N)cc2c(-c2ccc(F)cc2)c1C(C)C. The van der Waals surface area contributed by atoms with Crippen molar-refractivity contribution in [1.29, 1.82) is 5.41 Å². The predicted molar refractivity (Wildman–Crippen MR) is 132 cm³/mol. The Bertz CT molecular complexity index is 1430. The van der Waals surface area contributed by atoms with Crippen molar-refractivity contribution in [2.24, 2.45) is 0 Å². The van der Waals surface area contributed by atoms with Crippen molar-refractivity contribution in [1.82, 2.24) is 4.98 Å². The highest BCUT2D eigenvalue weighted by Crippen LogP contribution is 2.44. The van der Waals surface area contributed by atoms with Gasteiger partial charge >= 0.3 is 5.97 Å². The van der Waals surface area contributed by atoms with Crippen LogP contribution in [0.15, 0.2) is 54.6 Å². The summed E-state index contributed by atoms with van der Waals surface area (Å²) in [4.78, 5) is 16.4. The molecule has 0 saturated carbocycles. The van der Waals surface area contributed by atoms with Gasteiger partial charge in [-0.05, 0) is 65.1 Å². The minimum atomic E-state index is -1.06. The molecule has 1 heterocycles. The number of fused-ring (bicyclic) bond motifs is 1. The summed E-state index contributed by atoms with van der Waals surface area (Å²) in [5.41, 5.74) is 11.6. The van der Waals surface area contributed by atoms with Crippen LogP contribution < -0.4 is 10.5 Å². The number of rotatable bonds is 6. The van der Waals surface area contributed by atoms with Crippen LogP contribution in [0.3, 0.4) is 0 Å². The Labute approximate surface area is 196 Å². The maximum Gasteiger partial charge on any atom is 0.335 e. The average molecular weight is 458 g/mol. The summed E-state index contributed by atoms with van der Waals surface area (Å²) in [6.45, 7) is 4.07. The molecule has 6 nitrogen and oxygen atoms in total.